The predicted molar refractivity (Wildman–Crippen MR) is 70.9 cm³/mol. The number of Topliss-reactive ketones (excluding diaryl/α,β-unsaturated/α-hetero) is 1. The molecule has 1 aromatic rings. The highest BCUT2D eigenvalue weighted by molar-refractivity contribution is 6.37. The van der Waals surface area contributed by atoms with Crippen molar-refractivity contribution < 1.29 is 14.3 Å². The summed E-state index contributed by atoms with van der Waals surface area (Å²) >= 11 is 12.1. The Morgan fingerprint density at radius 3 is 2.67 bits per heavy atom. The second-order valence-electron chi connectivity index (χ2n) is 4.39. The Balaban J connectivity index is 2.33. The molecule has 0 spiro atoms. The molecule has 1 heterocycles. The lowest BCUT2D eigenvalue weighted by Crippen LogP contribution is -2.25. The molecule has 1 aliphatic heterocycles. The van der Waals surface area contributed by atoms with Gasteiger partial charge >= 0.3 is 0 Å². The van der Waals surface area contributed by atoms with E-state index in [1.807, 2.05) is 6.92 Å². The SMILES string of the molecule is COc1cc(Cl)c(C(=O)C2OCCC2C)cc1Cl. The molecule has 0 aliphatic carbocycles. The summed E-state index contributed by atoms with van der Waals surface area (Å²) in [7, 11) is 1.50. The van der Waals surface area contributed by atoms with E-state index in [0.29, 0.717) is 28.0 Å². The van der Waals surface area contributed by atoms with Crippen LogP contribution in [0, 0.1) is 5.92 Å². The zero-order valence-corrected chi connectivity index (χ0v) is 11.7. The van der Waals surface area contributed by atoms with E-state index in [2.05, 4.69) is 0 Å². The minimum Gasteiger partial charge on any atom is -0.495 e. The molecule has 1 saturated heterocycles. The van der Waals surface area contributed by atoms with Crippen molar-refractivity contribution in [1.29, 1.82) is 0 Å². The number of methoxy groups -OCH3 is 1. The molecule has 2 unspecified atom stereocenters. The molecular formula is C13H14Cl2O3. The summed E-state index contributed by atoms with van der Waals surface area (Å²) in [6.07, 6.45) is 0.463. The standard InChI is InChI=1S/C13H14Cl2O3/c1-7-3-4-18-13(7)12(16)8-5-10(15)11(17-2)6-9(8)14/h5-7,13H,3-4H2,1-2H3. The van der Waals surface area contributed by atoms with Gasteiger partial charge in [-0.3, -0.25) is 4.79 Å². The first-order valence-electron chi connectivity index (χ1n) is 5.73. The Morgan fingerprint density at radius 2 is 2.11 bits per heavy atom. The van der Waals surface area contributed by atoms with Gasteiger partial charge < -0.3 is 9.47 Å². The van der Waals surface area contributed by atoms with E-state index in [0.717, 1.165) is 6.42 Å². The fraction of sp³-hybridized carbons (Fsp3) is 0.462. The van der Waals surface area contributed by atoms with E-state index in [1.54, 1.807) is 12.1 Å². The fourth-order valence-corrected chi connectivity index (χ4v) is 2.55. The van der Waals surface area contributed by atoms with Gasteiger partial charge in [-0.05, 0) is 18.4 Å². The highest BCUT2D eigenvalue weighted by Crippen LogP contribution is 2.33. The Kier molecular flexibility index (Phi) is 4.15. The third-order valence-corrected chi connectivity index (χ3v) is 3.76. The Labute approximate surface area is 116 Å². The molecule has 5 heteroatoms. The molecule has 0 saturated carbocycles. The fourth-order valence-electron chi connectivity index (χ4n) is 2.06. The van der Waals surface area contributed by atoms with Crippen molar-refractivity contribution in [3.63, 3.8) is 0 Å². The second kappa shape index (κ2) is 5.47. The van der Waals surface area contributed by atoms with Crippen LogP contribution in [0.25, 0.3) is 0 Å². The molecule has 0 radical (unpaired) electrons. The van der Waals surface area contributed by atoms with Crippen molar-refractivity contribution in [2.45, 2.75) is 19.4 Å². The van der Waals surface area contributed by atoms with E-state index in [9.17, 15) is 4.79 Å². The average Bonchev–Trinajstić information content (AvgIpc) is 2.77. The third-order valence-electron chi connectivity index (χ3n) is 3.15. The number of ether oxygens (including phenoxy) is 2. The number of halogens is 2. The summed E-state index contributed by atoms with van der Waals surface area (Å²) in [6.45, 7) is 2.60. The monoisotopic (exact) mass is 288 g/mol. The van der Waals surface area contributed by atoms with Crippen molar-refractivity contribution >= 4 is 29.0 Å². The maximum Gasteiger partial charge on any atom is 0.193 e. The van der Waals surface area contributed by atoms with Crippen LogP contribution in [0.2, 0.25) is 10.0 Å². The van der Waals surface area contributed by atoms with Gasteiger partial charge in [-0.1, -0.05) is 30.1 Å². The molecule has 0 bridgehead atoms. The molecule has 1 aromatic carbocycles. The lowest BCUT2D eigenvalue weighted by molar-refractivity contribution is 0.0579. The number of hydrogen-bond acceptors (Lipinski definition) is 3. The highest BCUT2D eigenvalue weighted by atomic mass is 35.5. The molecule has 98 valence electrons. The van der Waals surface area contributed by atoms with Gasteiger partial charge in [0.05, 0.1) is 17.2 Å². The number of ketones is 1. The van der Waals surface area contributed by atoms with E-state index < -0.39 is 6.10 Å². The lowest BCUT2D eigenvalue weighted by atomic mass is 9.96. The van der Waals surface area contributed by atoms with E-state index in [1.165, 1.54) is 7.11 Å². The zero-order valence-electron chi connectivity index (χ0n) is 10.2. The van der Waals surface area contributed by atoms with Gasteiger partial charge in [-0.25, -0.2) is 0 Å². The van der Waals surface area contributed by atoms with E-state index in [4.69, 9.17) is 32.7 Å². The Bertz CT molecular complexity index is 474. The van der Waals surface area contributed by atoms with Crippen LogP contribution in [-0.4, -0.2) is 25.6 Å². The summed E-state index contributed by atoms with van der Waals surface area (Å²) in [5.74, 6) is 0.544. The average molecular weight is 289 g/mol. The first-order chi connectivity index (χ1) is 8.54. The van der Waals surface area contributed by atoms with Crippen LogP contribution in [0.4, 0.5) is 0 Å². The molecule has 2 atom stereocenters. The van der Waals surface area contributed by atoms with Gasteiger partial charge in [0, 0.05) is 18.2 Å². The molecule has 0 amide bonds. The summed E-state index contributed by atoms with van der Waals surface area (Å²) in [4.78, 5) is 12.3. The zero-order chi connectivity index (χ0) is 13.3. The van der Waals surface area contributed by atoms with Crippen LogP contribution in [0.3, 0.4) is 0 Å². The van der Waals surface area contributed by atoms with Crippen LogP contribution in [0.5, 0.6) is 5.75 Å². The largest absolute Gasteiger partial charge is 0.495 e. The maximum absolute atomic E-state index is 12.3. The molecular weight excluding hydrogens is 275 g/mol. The summed E-state index contributed by atoms with van der Waals surface area (Å²) < 4.78 is 10.5. The molecule has 2 rings (SSSR count). The topological polar surface area (TPSA) is 35.5 Å². The predicted octanol–water partition coefficient (Wildman–Crippen LogP) is 3.61. The first-order valence-corrected chi connectivity index (χ1v) is 6.49. The number of carbonyl (C=O) groups is 1. The number of hydrogen-bond donors (Lipinski definition) is 0. The number of carbonyl (C=O) groups excluding carboxylic acids is 1. The van der Waals surface area contributed by atoms with Gasteiger partial charge in [-0.15, -0.1) is 0 Å². The maximum atomic E-state index is 12.3. The smallest absolute Gasteiger partial charge is 0.193 e. The number of benzene rings is 1. The molecule has 1 fully saturated rings. The van der Waals surface area contributed by atoms with Crippen LogP contribution in [-0.2, 0) is 4.74 Å². The van der Waals surface area contributed by atoms with Crippen molar-refractivity contribution in [3.05, 3.63) is 27.7 Å². The van der Waals surface area contributed by atoms with Gasteiger partial charge in [0.15, 0.2) is 5.78 Å². The van der Waals surface area contributed by atoms with Crippen LogP contribution in [0.15, 0.2) is 12.1 Å². The van der Waals surface area contributed by atoms with E-state index in [-0.39, 0.29) is 11.7 Å². The van der Waals surface area contributed by atoms with Crippen molar-refractivity contribution in [3.8, 4) is 5.75 Å². The van der Waals surface area contributed by atoms with Gasteiger partial charge in [0.25, 0.3) is 0 Å². The molecule has 3 nitrogen and oxygen atoms in total. The summed E-state index contributed by atoms with van der Waals surface area (Å²) in [5, 5.41) is 0.708. The Hall–Kier alpha value is -0.770. The molecule has 1 aliphatic rings. The van der Waals surface area contributed by atoms with Gasteiger partial charge in [0.1, 0.15) is 11.9 Å². The Morgan fingerprint density at radius 1 is 1.39 bits per heavy atom. The van der Waals surface area contributed by atoms with E-state index >= 15 is 0 Å². The first kappa shape index (κ1) is 13.7. The number of rotatable bonds is 3. The summed E-state index contributed by atoms with van der Waals surface area (Å²) in [6, 6.07) is 3.09. The van der Waals surface area contributed by atoms with Crippen molar-refractivity contribution in [2.75, 3.05) is 13.7 Å². The third kappa shape index (κ3) is 2.48. The minimum atomic E-state index is -0.424. The van der Waals surface area contributed by atoms with Gasteiger partial charge in [-0.2, -0.15) is 0 Å². The molecule has 0 N–H and O–H groups in total. The molecule has 0 aromatic heterocycles. The molecule has 18 heavy (non-hydrogen) atoms. The second-order valence-corrected chi connectivity index (χ2v) is 5.20. The highest BCUT2D eigenvalue weighted by Gasteiger charge is 2.32. The quantitative estimate of drug-likeness (QED) is 0.797. The normalized spacial score (nSPS) is 23.1. The lowest BCUT2D eigenvalue weighted by Gasteiger charge is -2.15. The van der Waals surface area contributed by atoms with Crippen molar-refractivity contribution in [1.82, 2.24) is 0 Å². The minimum absolute atomic E-state index is 0.116. The summed E-state index contributed by atoms with van der Waals surface area (Å²) in [5.41, 5.74) is 0.390. The van der Waals surface area contributed by atoms with Crippen molar-refractivity contribution in [2.24, 2.45) is 5.92 Å². The van der Waals surface area contributed by atoms with Crippen LogP contribution >= 0.6 is 23.2 Å². The van der Waals surface area contributed by atoms with Gasteiger partial charge in [0.2, 0.25) is 0 Å². The van der Waals surface area contributed by atoms with Crippen LogP contribution < -0.4 is 4.74 Å². The van der Waals surface area contributed by atoms with Crippen LogP contribution in [0.1, 0.15) is 23.7 Å².